The Balaban J connectivity index is 1.80. The minimum absolute atomic E-state index is 0.194. The summed E-state index contributed by atoms with van der Waals surface area (Å²) in [7, 11) is 0. The van der Waals surface area contributed by atoms with E-state index in [2.05, 4.69) is 10.3 Å². The molecule has 2 aromatic heterocycles. The molecular formula is C19H17N3O5. The molecule has 0 spiro atoms. The van der Waals surface area contributed by atoms with Crippen molar-refractivity contribution in [2.24, 2.45) is 0 Å². The van der Waals surface area contributed by atoms with E-state index in [4.69, 9.17) is 10.2 Å². The van der Waals surface area contributed by atoms with Crippen molar-refractivity contribution in [3.63, 3.8) is 0 Å². The Labute approximate surface area is 154 Å². The van der Waals surface area contributed by atoms with Gasteiger partial charge in [0, 0.05) is 29.9 Å². The fraction of sp³-hybridized carbons (Fsp3) is 0.158. The van der Waals surface area contributed by atoms with Crippen LogP contribution in [0.3, 0.4) is 0 Å². The summed E-state index contributed by atoms with van der Waals surface area (Å²) in [5.41, 5.74) is 2.47. The minimum Gasteiger partial charge on any atom is -0.481 e. The van der Waals surface area contributed by atoms with E-state index in [9.17, 15) is 14.4 Å². The van der Waals surface area contributed by atoms with Crippen molar-refractivity contribution in [3.8, 4) is 11.3 Å². The normalized spacial score (nSPS) is 11.9. The molecule has 0 bridgehead atoms. The summed E-state index contributed by atoms with van der Waals surface area (Å²) in [4.78, 5) is 38.7. The van der Waals surface area contributed by atoms with Gasteiger partial charge >= 0.3 is 11.9 Å². The van der Waals surface area contributed by atoms with E-state index >= 15 is 0 Å². The Morgan fingerprint density at radius 2 is 1.85 bits per heavy atom. The number of carbonyl (C=O) groups excluding carboxylic acids is 1. The maximum atomic E-state index is 12.4. The maximum Gasteiger partial charge on any atom is 0.326 e. The third kappa shape index (κ3) is 4.30. The SMILES string of the molecule is O=C(O)CCC(NC(=O)c1ccn2cc(-c3ccccc3)nc2c1)C(=O)O. The lowest BCUT2D eigenvalue weighted by Crippen LogP contribution is -2.41. The smallest absolute Gasteiger partial charge is 0.326 e. The molecule has 0 radical (unpaired) electrons. The number of carboxylic acid groups (broad SMARTS) is 2. The number of fused-ring (bicyclic) bond motifs is 1. The van der Waals surface area contributed by atoms with Crippen molar-refractivity contribution in [2.75, 3.05) is 0 Å². The van der Waals surface area contributed by atoms with E-state index < -0.39 is 23.9 Å². The lowest BCUT2D eigenvalue weighted by Gasteiger charge is -2.13. The molecule has 1 aromatic carbocycles. The van der Waals surface area contributed by atoms with Crippen molar-refractivity contribution in [1.29, 1.82) is 0 Å². The van der Waals surface area contributed by atoms with E-state index in [0.717, 1.165) is 11.3 Å². The molecule has 3 N–H and O–H groups in total. The van der Waals surface area contributed by atoms with Crippen LogP contribution in [0.5, 0.6) is 0 Å². The molecule has 1 unspecified atom stereocenters. The predicted octanol–water partition coefficient (Wildman–Crippen LogP) is 2.05. The molecule has 27 heavy (non-hydrogen) atoms. The Morgan fingerprint density at radius 3 is 2.52 bits per heavy atom. The Morgan fingerprint density at radius 1 is 1.11 bits per heavy atom. The first kappa shape index (κ1) is 18.1. The highest BCUT2D eigenvalue weighted by atomic mass is 16.4. The average molecular weight is 367 g/mol. The largest absolute Gasteiger partial charge is 0.481 e. The van der Waals surface area contributed by atoms with Crippen LogP contribution in [-0.4, -0.2) is 43.5 Å². The molecule has 0 aliphatic rings. The lowest BCUT2D eigenvalue weighted by atomic mass is 10.1. The molecular weight excluding hydrogens is 350 g/mol. The number of amides is 1. The number of nitrogens with one attached hydrogen (secondary N) is 1. The summed E-state index contributed by atoms with van der Waals surface area (Å²) >= 11 is 0. The van der Waals surface area contributed by atoms with E-state index in [1.165, 1.54) is 0 Å². The number of carboxylic acids is 2. The number of benzene rings is 1. The van der Waals surface area contributed by atoms with Gasteiger partial charge in [-0.25, -0.2) is 9.78 Å². The zero-order valence-corrected chi connectivity index (χ0v) is 14.2. The van der Waals surface area contributed by atoms with Crippen molar-refractivity contribution in [1.82, 2.24) is 14.7 Å². The summed E-state index contributed by atoms with van der Waals surface area (Å²) in [6.45, 7) is 0. The van der Waals surface area contributed by atoms with Crippen LogP contribution in [0.15, 0.2) is 54.9 Å². The van der Waals surface area contributed by atoms with Crippen LogP contribution in [0.2, 0.25) is 0 Å². The first-order valence-electron chi connectivity index (χ1n) is 8.23. The molecule has 0 saturated heterocycles. The van der Waals surface area contributed by atoms with Crippen LogP contribution in [0.25, 0.3) is 16.9 Å². The van der Waals surface area contributed by atoms with Gasteiger partial charge in [-0.3, -0.25) is 9.59 Å². The van der Waals surface area contributed by atoms with Gasteiger partial charge in [0.05, 0.1) is 5.69 Å². The second-order valence-electron chi connectivity index (χ2n) is 5.97. The lowest BCUT2D eigenvalue weighted by molar-refractivity contribution is -0.140. The molecule has 8 heteroatoms. The summed E-state index contributed by atoms with van der Waals surface area (Å²) in [6, 6.07) is 11.4. The Bertz CT molecular complexity index is 997. The number of hydrogen-bond acceptors (Lipinski definition) is 4. The second-order valence-corrected chi connectivity index (χ2v) is 5.97. The van der Waals surface area contributed by atoms with Crippen LogP contribution < -0.4 is 5.32 Å². The van der Waals surface area contributed by atoms with Crippen molar-refractivity contribution in [2.45, 2.75) is 18.9 Å². The highest BCUT2D eigenvalue weighted by Crippen LogP contribution is 2.19. The monoisotopic (exact) mass is 367 g/mol. The predicted molar refractivity (Wildman–Crippen MR) is 96.4 cm³/mol. The van der Waals surface area contributed by atoms with Crippen LogP contribution >= 0.6 is 0 Å². The van der Waals surface area contributed by atoms with E-state index in [1.807, 2.05) is 36.5 Å². The molecule has 1 amide bonds. The van der Waals surface area contributed by atoms with Crippen LogP contribution in [0, 0.1) is 0 Å². The quantitative estimate of drug-likeness (QED) is 0.588. The van der Waals surface area contributed by atoms with Gasteiger partial charge < -0.3 is 19.9 Å². The molecule has 8 nitrogen and oxygen atoms in total. The van der Waals surface area contributed by atoms with Gasteiger partial charge in [-0.05, 0) is 18.6 Å². The van der Waals surface area contributed by atoms with Gasteiger partial charge in [-0.1, -0.05) is 30.3 Å². The number of aliphatic carboxylic acids is 2. The molecule has 0 fully saturated rings. The number of aromatic nitrogens is 2. The van der Waals surface area contributed by atoms with Gasteiger partial charge in [0.1, 0.15) is 11.7 Å². The molecule has 0 aliphatic heterocycles. The van der Waals surface area contributed by atoms with E-state index in [1.54, 1.807) is 22.7 Å². The van der Waals surface area contributed by atoms with Gasteiger partial charge in [-0.2, -0.15) is 0 Å². The van der Waals surface area contributed by atoms with Gasteiger partial charge in [0.2, 0.25) is 0 Å². The molecule has 0 saturated carbocycles. The van der Waals surface area contributed by atoms with Crippen molar-refractivity contribution in [3.05, 3.63) is 60.4 Å². The molecule has 3 rings (SSSR count). The fourth-order valence-corrected chi connectivity index (χ4v) is 2.64. The first-order chi connectivity index (χ1) is 12.9. The number of imidazole rings is 1. The number of pyridine rings is 1. The fourth-order valence-electron chi connectivity index (χ4n) is 2.64. The zero-order valence-electron chi connectivity index (χ0n) is 14.2. The van der Waals surface area contributed by atoms with Crippen LogP contribution in [0.1, 0.15) is 23.2 Å². The number of carbonyl (C=O) groups is 3. The maximum absolute atomic E-state index is 12.4. The molecule has 138 valence electrons. The minimum atomic E-state index is -1.28. The zero-order chi connectivity index (χ0) is 19.4. The summed E-state index contributed by atoms with van der Waals surface area (Å²) in [5.74, 6) is -3.00. The van der Waals surface area contributed by atoms with Crippen LogP contribution in [-0.2, 0) is 9.59 Å². The van der Waals surface area contributed by atoms with Gasteiger partial charge in [-0.15, -0.1) is 0 Å². The topological polar surface area (TPSA) is 121 Å². The second kappa shape index (κ2) is 7.69. The summed E-state index contributed by atoms with van der Waals surface area (Å²) in [5, 5.41) is 20.2. The Kier molecular flexibility index (Phi) is 5.16. The number of hydrogen-bond donors (Lipinski definition) is 3. The van der Waals surface area contributed by atoms with Gasteiger partial charge in [0.15, 0.2) is 0 Å². The third-order valence-corrected chi connectivity index (χ3v) is 4.04. The highest BCUT2D eigenvalue weighted by Gasteiger charge is 2.22. The van der Waals surface area contributed by atoms with E-state index in [0.29, 0.717) is 5.65 Å². The molecule has 1 atom stereocenters. The van der Waals surface area contributed by atoms with Crippen molar-refractivity contribution >= 4 is 23.5 Å². The van der Waals surface area contributed by atoms with E-state index in [-0.39, 0.29) is 18.4 Å². The number of nitrogens with zero attached hydrogens (tertiary/aromatic N) is 2. The molecule has 3 aromatic rings. The molecule has 0 aliphatic carbocycles. The van der Waals surface area contributed by atoms with Crippen LogP contribution in [0.4, 0.5) is 0 Å². The molecule has 2 heterocycles. The first-order valence-corrected chi connectivity index (χ1v) is 8.23. The highest BCUT2D eigenvalue weighted by molar-refractivity contribution is 5.97. The van der Waals surface area contributed by atoms with Gasteiger partial charge in [0.25, 0.3) is 5.91 Å². The number of rotatable bonds is 7. The summed E-state index contributed by atoms with van der Waals surface area (Å²) < 4.78 is 1.76. The summed E-state index contributed by atoms with van der Waals surface area (Å²) in [6.07, 6.45) is 2.95. The third-order valence-electron chi connectivity index (χ3n) is 4.04. The standard InChI is InChI=1S/C19H17N3O5/c23-17(24)7-6-14(19(26)27)21-18(25)13-8-9-22-11-15(20-16(22)10-13)12-4-2-1-3-5-12/h1-5,8-11,14H,6-7H2,(H,21,25)(H,23,24)(H,26,27). The van der Waals surface area contributed by atoms with Crippen molar-refractivity contribution < 1.29 is 24.6 Å². The average Bonchev–Trinajstić information content (AvgIpc) is 3.08. The Hall–Kier alpha value is -3.68.